The predicted molar refractivity (Wildman–Crippen MR) is 49.4 cm³/mol. The average molecular weight is 186 g/mol. The first-order valence-electron chi connectivity index (χ1n) is 4.98. The normalized spacial score (nSPS) is 28.8. The summed E-state index contributed by atoms with van der Waals surface area (Å²) in [4.78, 5) is 10.2. The molecule has 0 amide bonds. The summed E-state index contributed by atoms with van der Waals surface area (Å²) in [5, 5.41) is 0. The second-order valence-electron chi connectivity index (χ2n) is 3.78. The second-order valence-corrected chi connectivity index (χ2v) is 3.78. The Bertz CT molecular complexity index is 156. The molecule has 0 aromatic heterocycles. The fourth-order valence-corrected chi connectivity index (χ4v) is 1.80. The highest BCUT2D eigenvalue weighted by Crippen LogP contribution is 2.24. The third-order valence-corrected chi connectivity index (χ3v) is 2.32. The molecule has 0 spiro atoms. The minimum Gasteiger partial charge on any atom is -0.462 e. The summed E-state index contributed by atoms with van der Waals surface area (Å²) in [7, 11) is 0. The van der Waals surface area contributed by atoms with E-state index in [1.165, 1.54) is 6.42 Å². The molecule has 1 fully saturated rings. The van der Waals surface area contributed by atoms with Gasteiger partial charge in [-0.3, -0.25) is 4.79 Å². The van der Waals surface area contributed by atoms with E-state index in [9.17, 15) is 4.79 Å². The quantitative estimate of drug-likeness (QED) is 0.629. The molecule has 2 unspecified atom stereocenters. The summed E-state index contributed by atoms with van der Waals surface area (Å²) in [5.41, 5.74) is 0. The van der Waals surface area contributed by atoms with E-state index < -0.39 is 0 Å². The highest BCUT2D eigenvalue weighted by atomic mass is 16.6. The van der Waals surface area contributed by atoms with Gasteiger partial charge in [0.05, 0.1) is 12.2 Å². The molecule has 3 nitrogen and oxygen atoms in total. The lowest BCUT2D eigenvalue weighted by Gasteiger charge is -2.31. The number of hydrogen-bond donors (Lipinski definition) is 0. The van der Waals surface area contributed by atoms with E-state index in [0.717, 1.165) is 19.3 Å². The minimum absolute atomic E-state index is 0.0198. The Morgan fingerprint density at radius 1 is 1.23 bits per heavy atom. The predicted octanol–water partition coefficient (Wildman–Crippen LogP) is 1.90. The Hall–Kier alpha value is -0.570. The van der Waals surface area contributed by atoms with E-state index in [0.29, 0.717) is 6.47 Å². The smallest absolute Gasteiger partial charge is 0.293 e. The van der Waals surface area contributed by atoms with Crippen LogP contribution in [0.4, 0.5) is 0 Å². The largest absolute Gasteiger partial charge is 0.462 e. The molecular formula is C10H18O3. The van der Waals surface area contributed by atoms with Crippen LogP contribution in [0.1, 0.15) is 39.5 Å². The van der Waals surface area contributed by atoms with Crippen LogP contribution in [0.3, 0.4) is 0 Å². The van der Waals surface area contributed by atoms with Crippen LogP contribution in [-0.4, -0.2) is 24.8 Å². The van der Waals surface area contributed by atoms with Gasteiger partial charge in [-0.15, -0.1) is 0 Å². The monoisotopic (exact) mass is 186 g/mol. The molecule has 0 radical (unpaired) electrons. The van der Waals surface area contributed by atoms with Crippen molar-refractivity contribution in [3.63, 3.8) is 0 Å². The Morgan fingerprint density at radius 2 is 1.85 bits per heavy atom. The molecule has 0 saturated heterocycles. The van der Waals surface area contributed by atoms with Crippen molar-refractivity contribution in [1.29, 1.82) is 0 Å². The van der Waals surface area contributed by atoms with E-state index in [-0.39, 0.29) is 18.3 Å². The molecule has 0 N–H and O–H groups in total. The van der Waals surface area contributed by atoms with Gasteiger partial charge in [-0.1, -0.05) is 6.42 Å². The first kappa shape index (κ1) is 10.5. The standard InChI is InChI=1S/C10H18O3/c1-8(2)13-10-6-4-3-5-9(10)12-7-11/h7-10H,3-6H2,1-2H3. The summed E-state index contributed by atoms with van der Waals surface area (Å²) in [6, 6.07) is 0. The van der Waals surface area contributed by atoms with Gasteiger partial charge in [0.1, 0.15) is 6.10 Å². The number of hydrogen-bond acceptors (Lipinski definition) is 3. The summed E-state index contributed by atoms with van der Waals surface area (Å²) >= 11 is 0. The van der Waals surface area contributed by atoms with Gasteiger partial charge in [-0.2, -0.15) is 0 Å². The van der Waals surface area contributed by atoms with Crippen molar-refractivity contribution in [2.75, 3.05) is 0 Å². The zero-order chi connectivity index (χ0) is 9.68. The lowest BCUT2D eigenvalue weighted by atomic mass is 9.94. The molecule has 1 saturated carbocycles. The lowest BCUT2D eigenvalue weighted by molar-refractivity contribution is -0.149. The zero-order valence-corrected chi connectivity index (χ0v) is 8.36. The van der Waals surface area contributed by atoms with Crippen molar-refractivity contribution < 1.29 is 14.3 Å². The van der Waals surface area contributed by atoms with Gasteiger partial charge in [0.25, 0.3) is 6.47 Å². The van der Waals surface area contributed by atoms with Gasteiger partial charge in [0.2, 0.25) is 0 Å². The first-order chi connectivity index (χ1) is 6.24. The molecule has 76 valence electrons. The molecule has 2 atom stereocenters. The highest BCUT2D eigenvalue weighted by molar-refractivity contribution is 5.37. The van der Waals surface area contributed by atoms with Crippen LogP contribution < -0.4 is 0 Å². The van der Waals surface area contributed by atoms with Crippen molar-refractivity contribution in [2.45, 2.75) is 57.8 Å². The van der Waals surface area contributed by atoms with Crippen LogP contribution in [0.15, 0.2) is 0 Å². The van der Waals surface area contributed by atoms with Crippen molar-refractivity contribution >= 4 is 6.47 Å². The molecule has 1 rings (SSSR count). The highest BCUT2D eigenvalue weighted by Gasteiger charge is 2.27. The molecule has 0 aromatic rings. The molecule has 3 heteroatoms. The molecule has 13 heavy (non-hydrogen) atoms. The Balaban J connectivity index is 2.41. The van der Waals surface area contributed by atoms with Gasteiger partial charge in [0, 0.05) is 0 Å². The molecule has 0 aliphatic heterocycles. The Labute approximate surface area is 79.4 Å². The third-order valence-electron chi connectivity index (χ3n) is 2.32. The SMILES string of the molecule is CC(C)OC1CCCCC1OC=O. The fraction of sp³-hybridized carbons (Fsp3) is 0.900. The summed E-state index contributed by atoms with van der Waals surface area (Å²) < 4.78 is 10.7. The van der Waals surface area contributed by atoms with Crippen LogP contribution in [0.5, 0.6) is 0 Å². The van der Waals surface area contributed by atoms with Crippen molar-refractivity contribution in [1.82, 2.24) is 0 Å². The Morgan fingerprint density at radius 3 is 2.38 bits per heavy atom. The van der Waals surface area contributed by atoms with Gasteiger partial charge in [-0.05, 0) is 33.1 Å². The average Bonchev–Trinajstić information content (AvgIpc) is 2.08. The minimum atomic E-state index is -0.0198. The number of carbonyl (C=O) groups excluding carboxylic acids is 1. The van der Waals surface area contributed by atoms with Gasteiger partial charge < -0.3 is 9.47 Å². The number of rotatable bonds is 4. The maximum Gasteiger partial charge on any atom is 0.293 e. The van der Waals surface area contributed by atoms with Crippen LogP contribution >= 0.6 is 0 Å². The topological polar surface area (TPSA) is 35.5 Å². The molecule has 1 aliphatic rings. The first-order valence-corrected chi connectivity index (χ1v) is 4.98. The molecule has 1 aliphatic carbocycles. The van der Waals surface area contributed by atoms with Gasteiger partial charge >= 0.3 is 0 Å². The van der Waals surface area contributed by atoms with Gasteiger partial charge in [-0.25, -0.2) is 0 Å². The maximum atomic E-state index is 10.2. The number of ether oxygens (including phenoxy) is 2. The summed E-state index contributed by atoms with van der Waals surface area (Å²) in [6.45, 7) is 4.55. The van der Waals surface area contributed by atoms with Crippen LogP contribution in [0.2, 0.25) is 0 Å². The lowest BCUT2D eigenvalue weighted by Crippen LogP contribution is -2.36. The van der Waals surface area contributed by atoms with Crippen LogP contribution in [-0.2, 0) is 14.3 Å². The Kier molecular flexibility index (Phi) is 4.22. The zero-order valence-electron chi connectivity index (χ0n) is 8.36. The van der Waals surface area contributed by atoms with Crippen LogP contribution in [0, 0.1) is 0 Å². The number of carbonyl (C=O) groups is 1. The second kappa shape index (κ2) is 5.22. The van der Waals surface area contributed by atoms with E-state index >= 15 is 0 Å². The van der Waals surface area contributed by atoms with Crippen LogP contribution in [0.25, 0.3) is 0 Å². The fourth-order valence-electron chi connectivity index (χ4n) is 1.80. The van der Waals surface area contributed by atoms with E-state index in [1.807, 2.05) is 13.8 Å². The van der Waals surface area contributed by atoms with E-state index in [1.54, 1.807) is 0 Å². The summed E-state index contributed by atoms with van der Waals surface area (Å²) in [5.74, 6) is 0. The van der Waals surface area contributed by atoms with E-state index in [2.05, 4.69) is 0 Å². The third kappa shape index (κ3) is 3.35. The van der Waals surface area contributed by atoms with Crippen molar-refractivity contribution in [3.8, 4) is 0 Å². The summed E-state index contributed by atoms with van der Waals surface area (Å²) in [6.07, 6.45) is 4.56. The maximum absolute atomic E-state index is 10.2. The molecule has 0 bridgehead atoms. The van der Waals surface area contributed by atoms with Gasteiger partial charge in [0.15, 0.2) is 0 Å². The molecular weight excluding hydrogens is 168 g/mol. The van der Waals surface area contributed by atoms with E-state index in [4.69, 9.17) is 9.47 Å². The molecule has 0 aromatic carbocycles. The molecule has 0 heterocycles. The van der Waals surface area contributed by atoms with Crippen molar-refractivity contribution in [3.05, 3.63) is 0 Å². The van der Waals surface area contributed by atoms with Crippen molar-refractivity contribution in [2.24, 2.45) is 0 Å².